The molecule has 0 saturated carbocycles. The van der Waals surface area contributed by atoms with Crippen LogP contribution in [-0.2, 0) is 35.2 Å². The van der Waals surface area contributed by atoms with Crippen molar-refractivity contribution >= 4 is 99.6 Å². The van der Waals surface area contributed by atoms with Gasteiger partial charge in [0.1, 0.15) is 16.9 Å². The van der Waals surface area contributed by atoms with Gasteiger partial charge in [-0.3, -0.25) is 0 Å². The summed E-state index contributed by atoms with van der Waals surface area (Å²) in [5.41, 5.74) is 12.4. The van der Waals surface area contributed by atoms with Gasteiger partial charge in [0.15, 0.2) is 0 Å². The van der Waals surface area contributed by atoms with Gasteiger partial charge in [0.05, 0.1) is 40.3 Å². The normalized spacial score (nSPS) is 15.5. The number of nitriles is 2. The molecule has 0 unspecified atom stereocenters. The molecule has 17 rings (SSSR count). The number of halogens is 3. The SMILES string of the molecule is C[C@@H]1CCCN1CCc1cn2cc(-c3ccc(C#N)cc3)ccc2n1.C[C@@H]1CCCN1CCc1cn2cc(-c3ccc(C#N)cc3)ccc2n1.C[C@@H]1CCCN1CCc1cn2cc(Br)ccc2n1.[Cl][Pd][Cl].c1ccc(P(c2ccccc2)c2ccccc2)cc1.c1ccc(P(c2ccccc2)c2ccccc2)cc1. The molecule has 8 aromatic carbocycles. The Morgan fingerprint density at radius 2 is 0.615 bits per heavy atom. The molecule has 0 radical (unpaired) electrons. The van der Waals surface area contributed by atoms with E-state index < -0.39 is 15.8 Å². The monoisotopic (exact) mass is 1670 g/mol. The van der Waals surface area contributed by atoms with E-state index >= 15 is 0 Å². The topological polar surface area (TPSA) is 109 Å². The second-order valence-electron chi connectivity index (χ2n) is 27.6. The van der Waals surface area contributed by atoms with Crippen molar-refractivity contribution in [2.45, 2.75) is 96.7 Å². The number of hydrogen-bond donors (Lipinski definition) is 0. The summed E-state index contributed by atoms with van der Waals surface area (Å²) >= 11 is 3.38. The second kappa shape index (κ2) is 41.3. The van der Waals surface area contributed by atoms with Crippen LogP contribution in [0.25, 0.3) is 39.2 Å². The van der Waals surface area contributed by atoms with Crippen LogP contribution in [0.15, 0.2) is 309 Å². The van der Waals surface area contributed by atoms with Crippen LogP contribution in [0.2, 0.25) is 0 Å². The number of likely N-dealkylation sites (tertiary alicyclic amines) is 3. The van der Waals surface area contributed by atoms with Crippen molar-refractivity contribution in [3.63, 3.8) is 0 Å². The predicted molar refractivity (Wildman–Crippen MR) is 457 cm³/mol. The average molecular weight is 1670 g/mol. The molecule has 109 heavy (non-hydrogen) atoms. The fourth-order valence-corrected chi connectivity index (χ4v) is 19.4. The molecule has 3 atom stereocenters. The Bertz CT molecular complexity index is 4700. The third-order valence-electron chi connectivity index (χ3n) is 20.3. The molecule has 3 aliphatic rings. The van der Waals surface area contributed by atoms with E-state index in [0.29, 0.717) is 23.2 Å². The Hall–Kier alpha value is -8.73. The molecule has 14 aromatic rings. The minimum Gasteiger partial charge on any atom is -0.0622 e. The van der Waals surface area contributed by atoms with Crippen LogP contribution in [0.5, 0.6) is 0 Å². The van der Waals surface area contributed by atoms with E-state index in [1.807, 2.05) is 60.7 Å². The van der Waals surface area contributed by atoms with Gasteiger partial charge in [-0.05, 0) is 225 Å². The van der Waals surface area contributed by atoms with Crippen molar-refractivity contribution < 1.29 is 15.9 Å². The molecule has 6 aromatic heterocycles. The Morgan fingerprint density at radius 3 is 0.872 bits per heavy atom. The van der Waals surface area contributed by atoms with Crippen LogP contribution in [0.3, 0.4) is 0 Å². The van der Waals surface area contributed by atoms with Gasteiger partial charge >= 0.3 is 35.0 Å². The molecule has 9 heterocycles. The maximum absolute atomic E-state index is 8.92. The van der Waals surface area contributed by atoms with Gasteiger partial charge in [0, 0.05) is 98.7 Å². The molecule has 11 nitrogen and oxygen atoms in total. The third kappa shape index (κ3) is 22.7. The summed E-state index contributed by atoms with van der Waals surface area (Å²) in [5.74, 6) is 0. The Labute approximate surface area is 670 Å². The summed E-state index contributed by atoms with van der Waals surface area (Å²) < 4.78 is 7.39. The average Bonchev–Trinajstić information content (AvgIpc) is 1.48. The van der Waals surface area contributed by atoms with E-state index in [2.05, 4.69) is 325 Å². The Kier molecular flexibility index (Phi) is 30.3. The zero-order chi connectivity index (χ0) is 75.5. The molecule has 0 aliphatic carbocycles. The van der Waals surface area contributed by atoms with Gasteiger partial charge < -0.3 is 27.9 Å². The molecule has 0 bridgehead atoms. The van der Waals surface area contributed by atoms with E-state index in [9.17, 15) is 0 Å². The first-order valence-corrected chi connectivity index (χ1v) is 45.0. The van der Waals surface area contributed by atoms with E-state index in [-0.39, 0.29) is 15.9 Å². The largest absolute Gasteiger partial charge is 0.0622 e. The molecule has 3 saturated heterocycles. The van der Waals surface area contributed by atoms with Gasteiger partial charge in [-0.2, -0.15) is 10.5 Å². The zero-order valence-corrected chi connectivity index (χ0v) is 68.4. The molecule has 3 aliphatic heterocycles. The van der Waals surface area contributed by atoms with Crippen molar-refractivity contribution in [1.29, 1.82) is 10.5 Å². The number of nitrogens with zero attached hydrogens (tertiary/aromatic N) is 11. The molecule has 0 spiro atoms. The fraction of sp³-hybridized carbons (Fsp3) is 0.228. The second-order valence-corrected chi connectivity index (χ2v) is 35.3. The van der Waals surface area contributed by atoms with Crippen molar-refractivity contribution in [2.24, 2.45) is 0 Å². The first-order valence-electron chi connectivity index (χ1n) is 37.5. The number of imidazole rings is 3. The maximum Gasteiger partial charge on any atom is -0.0134 e. The molecule has 17 heteroatoms. The van der Waals surface area contributed by atoms with E-state index in [1.54, 1.807) is 0 Å². The standard InChI is InChI=1S/2C21H22N4.2C18H15P.C14H18BrN3.2ClH.Pd/c2*1-16-3-2-11-24(16)12-10-20-15-25-14-19(8-9-21(25)23-20)18-6-4-17(13-22)5-7-18;2*1-4-10-16(11-5-1)19(17-12-6-2-7-13-17)18-14-8-3-9-15-18;1-11-3-2-7-17(11)8-6-13-10-18-9-12(15)4-5-14(18)16-13;;;/h2*4-9,14-16H,2-3,10-12H2,1H3;2*1-15H;4-5,9-11H,2-3,6-8H2,1H3;2*1H;/q;;;;;;;+2/p-2/t2*16-;;;11-;;;/m11..1.../s1. The van der Waals surface area contributed by atoms with Gasteiger partial charge in [-0.25, -0.2) is 15.0 Å². The van der Waals surface area contributed by atoms with Gasteiger partial charge in [-0.1, -0.05) is 206 Å². The fourth-order valence-electron chi connectivity index (χ4n) is 14.4. The molecule has 0 amide bonds. The van der Waals surface area contributed by atoms with Gasteiger partial charge in [-0.15, -0.1) is 0 Å². The minimum atomic E-state index is -0.446. The number of aromatic nitrogens is 6. The molecule has 3 fully saturated rings. The Balaban J connectivity index is 0.000000127. The molecule has 556 valence electrons. The van der Waals surface area contributed by atoms with E-state index in [1.165, 1.54) is 95.7 Å². The summed E-state index contributed by atoms with van der Waals surface area (Å²) in [5, 5.41) is 26.2. The van der Waals surface area contributed by atoms with Crippen molar-refractivity contribution in [3.8, 4) is 34.4 Å². The van der Waals surface area contributed by atoms with Gasteiger partial charge in [0.2, 0.25) is 0 Å². The molecular weight excluding hydrogens is 1580 g/mol. The zero-order valence-electron chi connectivity index (χ0n) is 62.0. The van der Waals surface area contributed by atoms with Crippen molar-refractivity contribution in [2.75, 3.05) is 39.3 Å². The molecular formula is C92H92BrCl2N11P2Pd. The Morgan fingerprint density at radius 1 is 0.358 bits per heavy atom. The minimum absolute atomic E-state index is 0.106. The van der Waals surface area contributed by atoms with Crippen molar-refractivity contribution in [1.82, 2.24) is 42.9 Å². The molecule has 0 N–H and O–H groups in total. The van der Waals surface area contributed by atoms with Crippen LogP contribution in [0.4, 0.5) is 0 Å². The van der Waals surface area contributed by atoms with Crippen LogP contribution in [-0.4, -0.2) is 100 Å². The quantitative estimate of drug-likeness (QED) is 0.0655. The summed E-state index contributed by atoms with van der Waals surface area (Å²) in [6.07, 6.45) is 23.7. The summed E-state index contributed by atoms with van der Waals surface area (Å²) in [6, 6.07) is 98.9. The third-order valence-corrected chi connectivity index (χ3v) is 25.6. The van der Waals surface area contributed by atoms with Crippen LogP contribution in [0, 0.1) is 22.7 Å². The number of fused-ring (bicyclic) bond motifs is 3. The number of rotatable bonds is 17. The summed E-state index contributed by atoms with van der Waals surface area (Å²) in [4.78, 5) is 21.9. The van der Waals surface area contributed by atoms with E-state index in [4.69, 9.17) is 39.5 Å². The predicted octanol–water partition coefficient (Wildman–Crippen LogP) is 19.2. The van der Waals surface area contributed by atoms with E-state index in [0.717, 1.165) is 100.0 Å². The number of pyridine rings is 3. The number of hydrogen-bond acceptors (Lipinski definition) is 8. The summed E-state index contributed by atoms with van der Waals surface area (Å²) in [6.45, 7) is 14.0. The number of benzene rings is 8. The smallest absolute Gasteiger partial charge is 0.0134 e. The first kappa shape index (κ1) is 79.8. The van der Waals surface area contributed by atoms with Gasteiger partial charge in [0.25, 0.3) is 0 Å². The van der Waals surface area contributed by atoms with Crippen molar-refractivity contribution in [3.05, 3.63) is 337 Å². The summed E-state index contributed by atoms with van der Waals surface area (Å²) in [7, 11) is 8.74. The van der Waals surface area contributed by atoms with Crippen LogP contribution >= 0.6 is 50.8 Å². The first-order chi connectivity index (χ1) is 53.5. The van der Waals surface area contributed by atoms with Crippen LogP contribution < -0.4 is 31.8 Å². The van der Waals surface area contributed by atoms with Crippen LogP contribution in [0.1, 0.15) is 87.5 Å². The maximum atomic E-state index is 8.92.